The maximum absolute atomic E-state index is 11.9. The van der Waals surface area contributed by atoms with E-state index >= 15 is 0 Å². The lowest BCUT2D eigenvalue weighted by molar-refractivity contribution is -0.118. The number of sulfone groups is 1. The molecule has 1 unspecified atom stereocenters. The number of nitrogens with two attached hydrogens (primary N) is 1. The molecule has 1 aromatic carbocycles. The van der Waals surface area contributed by atoms with Crippen molar-refractivity contribution in [1.82, 2.24) is 10.6 Å². The van der Waals surface area contributed by atoms with E-state index in [1.807, 2.05) is 0 Å². The van der Waals surface area contributed by atoms with E-state index in [2.05, 4.69) is 10.6 Å². The molecule has 0 aliphatic heterocycles. The zero-order valence-corrected chi connectivity index (χ0v) is 17.1. The van der Waals surface area contributed by atoms with Crippen LogP contribution in [0.4, 0.5) is 4.79 Å². The summed E-state index contributed by atoms with van der Waals surface area (Å²) in [6.45, 7) is 6.18. The first-order valence-electron chi connectivity index (χ1n) is 8.64. The SMILES string of the molecule is CC(C)(C)OC(=O)NC(CCC(N)=O)CNCc1ccc(S(C)(=O)=O)cc1. The first kappa shape index (κ1) is 22.9. The summed E-state index contributed by atoms with van der Waals surface area (Å²) in [4.78, 5) is 23.2. The predicted molar refractivity (Wildman–Crippen MR) is 103 cm³/mol. The Morgan fingerprint density at radius 3 is 2.26 bits per heavy atom. The van der Waals surface area contributed by atoms with Gasteiger partial charge in [0.05, 0.1) is 4.90 Å². The third-order valence-corrected chi connectivity index (χ3v) is 4.66. The minimum Gasteiger partial charge on any atom is -0.444 e. The van der Waals surface area contributed by atoms with Crippen molar-refractivity contribution in [3.8, 4) is 0 Å². The predicted octanol–water partition coefficient (Wildman–Crippen LogP) is 1.34. The van der Waals surface area contributed by atoms with Crippen molar-refractivity contribution in [3.05, 3.63) is 29.8 Å². The molecule has 0 aliphatic rings. The molecule has 0 heterocycles. The van der Waals surface area contributed by atoms with Gasteiger partial charge in [-0.15, -0.1) is 0 Å². The van der Waals surface area contributed by atoms with E-state index in [0.717, 1.165) is 11.8 Å². The van der Waals surface area contributed by atoms with Crippen molar-refractivity contribution < 1.29 is 22.7 Å². The normalized spacial score (nSPS) is 13.0. The third kappa shape index (κ3) is 9.95. The molecule has 2 amide bonds. The lowest BCUT2D eigenvalue weighted by Gasteiger charge is -2.23. The molecular weight excluding hydrogens is 370 g/mol. The number of carbonyl (C=O) groups excluding carboxylic acids is 2. The maximum Gasteiger partial charge on any atom is 0.407 e. The van der Waals surface area contributed by atoms with Crippen molar-refractivity contribution in [2.24, 2.45) is 5.73 Å². The molecule has 0 fully saturated rings. The zero-order chi connectivity index (χ0) is 20.7. The van der Waals surface area contributed by atoms with Crippen molar-refractivity contribution in [3.63, 3.8) is 0 Å². The smallest absolute Gasteiger partial charge is 0.407 e. The molecule has 1 atom stereocenters. The highest BCUT2D eigenvalue weighted by atomic mass is 32.2. The Hall–Kier alpha value is -2.13. The van der Waals surface area contributed by atoms with E-state index in [0.29, 0.717) is 19.5 Å². The second-order valence-electron chi connectivity index (χ2n) is 7.40. The number of primary amides is 1. The number of rotatable bonds is 9. The number of nitrogens with one attached hydrogen (secondary N) is 2. The van der Waals surface area contributed by atoms with Crippen molar-refractivity contribution in [2.75, 3.05) is 12.8 Å². The molecule has 0 radical (unpaired) electrons. The van der Waals surface area contributed by atoms with Gasteiger partial charge < -0.3 is 21.1 Å². The summed E-state index contributed by atoms with van der Waals surface area (Å²) >= 11 is 0. The molecule has 8 nitrogen and oxygen atoms in total. The molecule has 152 valence electrons. The highest BCUT2D eigenvalue weighted by molar-refractivity contribution is 7.90. The number of ether oxygens (including phenoxy) is 1. The van der Waals surface area contributed by atoms with Crippen molar-refractivity contribution in [1.29, 1.82) is 0 Å². The van der Waals surface area contributed by atoms with Crippen LogP contribution in [0.5, 0.6) is 0 Å². The van der Waals surface area contributed by atoms with Crippen LogP contribution in [-0.4, -0.2) is 44.9 Å². The molecule has 1 rings (SSSR count). The highest BCUT2D eigenvalue weighted by Gasteiger charge is 2.19. The summed E-state index contributed by atoms with van der Waals surface area (Å²) in [5, 5.41) is 5.91. The largest absolute Gasteiger partial charge is 0.444 e. The van der Waals surface area contributed by atoms with E-state index in [1.165, 1.54) is 0 Å². The van der Waals surface area contributed by atoms with Crippen molar-refractivity contribution in [2.45, 2.75) is 56.7 Å². The second-order valence-corrected chi connectivity index (χ2v) is 9.41. The van der Waals surface area contributed by atoms with E-state index in [1.54, 1.807) is 45.0 Å². The van der Waals surface area contributed by atoms with Crippen LogP contribution in [0.15, 0.2) is 29.2 Å². The lowest BCUT2D eigenvalue weighted by Crippen LogP contribution is -2.44. The minimum absolute atomic E-state index is 0.144. The Morgan fingerprint density at radius 2 is 1.78 bits per heavy atom. The van der Waals surface area contributed by atoms with E-state index in [9.17, 15) is 18.0 Å². The van der Waals surface area contributed by atoms with Gasteiger partial charge in [-0.1, -0.05) is 12.1 Å². The van der Waals surface area contributed by atoms with Crippen LogP contribution in [0.25, 0.3) is 0 Å². The molecule has 9 heteroatoms. The molecule has 27 heavy (non-hydrogen) atoms. The topological polar surface area (TPSA) is 128 Å². The minimum atomic E-state index is -3.22. The lowest BCUT2D eigenvalue weighted by atomic mass is 10.1. The summed E-state index contributed by atoms with van der Waals surface area (Å²) in [5.41, 5.74) is 5.47. The fourth-order valence-corrected chi connectivity index (χ4v) is 2.89. The van der Waals surface area contributed by atoms with Gasteiger partial charge in [-0.2, -0.15) is 0 Å². The number of hydrogen-bond donors (Lipinski definition) is 3. The molecule has 0 aromatic heterocycles. The van der Waals surface area contributed by atoms with Crippen LogP contribution in [0.3, 0.4) is 0 Å². The van der Waals surface area contributed by atoms with Gasteiger partial charge >= 0.3 is 6.09 Å². The monoisotopic (exact) mass is 399 g/mol. The van der Waals surface area contributed by atoms with Gasteiger partial charge in [-0.05, 0) is 44.9 Å². The Morgan fingerprint density at radius 1 is 1.19 bits per heavy atom. The van der Waals surface area contributed by atoms with Gasteiger partial charge in [0.1, 0.15) is 5.60 Å². The molecule has 0 spiro atoms. The van der Waals surface area contributed by atoms with Crippen LogP contribution in [0.1, 0.15) is 39.2 Å². The molecule has 4 N–H and O–H groups in total. The number of amides is 2. The Bertz CT molecular complexity index is 739. The van der Waals surface area contributed by atoms with Gasteiger partial charge in [0.15, 0.2) is 9.84 Å². The summed E-state index contributed by atoms with van der Waals surface area (Å²) in [6, 6.07) is 6.22. The average molecular weight is 400 g/mol. The third-order valence-electron chi connectivity index (χ3n) is 3.53. The Labute approximate surface area is 160 Å². The molecule has 0 saturated carbocycles. The van der Waals surface area contributed by atoms with Gasteiger partial charge in [-0.25, -0.2) is 13.2 Å². The summed E-state index contributed by atoms with van der Waals surface area (Å²) in [6.07, 6.45) is 1.13. The fraction of sp³-hybridized carbons (Fsp3) is 0.556. The van der Waals surface area contributed by atoms with Gasteiger partial charge in [0.25, 0.3) is 0 Å². The quantitative estimate of drug-likeness (QED) is 0.575. The standard InChI is InChI=1S/C18H29N3O5S/c1-18(2,3)26-17(23)21-14(7-10-16(19)22)12-20-11-13-5-8-15(9-6-13)27(4,24)25/h5-6,8-9,14,20H,7,10-12H2,1-4H3,(H2,19,22)(H,21,23). The highest BCUT2D eigenvalue weighted by Crippen LogP contribution is 2.10. The van der Waals surface area contributed by atoms with Crippen LogP contribution < -0.4 is 16.4 Å². The first-order chi connectivity index (χ1) is 12.4. The summed E-state index contributed by atoms with van der Waals surface area (Å²) < 4.78 is 28.2. The number of hydrogen-bond acceptors (Lipinski definition) is 6. The summed E-state index contributed by atoms with van der Waals surface area (Å²) in [7, 11) is -3.22. The zero-order valence-electron chi connectivity index (χ0n) is 16.2. The van der Waals surface area contributed by atoms with E-state index < -0.39 is 27.4 Å². The van der Waals surface area contributed by atoms with Crippen LogP contribution in [0, 0.1) is 0 Å². The van der Waals surface area contributed by atoms with E-state index in [-0.39, 0.29) is 17.4 Å². The maximum atomic E-state index is 11.9. The van der Waals surface area contributed by atoms with Gasteiger partial charge in [0, 0.05) is 31.8 Å². The Balaban J connectivity index is 2.59. The Kier molecular flexibility index (Phi) is 8.23. The molecule has 0 aliphatic carbocycles. The van der Waals surface area contributed by atoms with E-state index in [4.69, 9.17) is 10.5 Å². The molecule has 1 aromatic rings. The van der Waals surface area contributed by atoms with Crippen LogP contribution in [-0.2, 0) is 25.9 Å². The van der Waals surface area contributed by atoms with Gasteiger partial charge in [-0.3, -0.25) is 4.79 Å². The molecular formula is C18H29N3O5S. The first-order valence-corrected chi connectivity index (χ1v) is 10.5. The fourth-order valence-electron chi connectivity index (χ4n) is 2.26. The van der Waals surface area contributed by atoms with Crippen LogP contribution >= 0.6 is 0 Å². The molecule has 0 bridgehead atoms. The number of carbonyl (C=O) groups is 2. The van der Waals surface area contributed by atoms with Crippen LogP contribution in [0.2, 0.25) is 0 Å². The summed E-state index contributed by atoms with van der Waals surface area (Å²) in [5.74, 6) is -0.442. The number of benzene rings is 1. The second kappa shape index (κ2) is 9.70. The van der Waals surface area contributed by atoms with Gasteiger partial charge in [0.2, 0.25) is 5.91 Å². The van der Waals surface area contributed by atoms with Crippen molar-refractivity contribution >= 4 is 21.8 Å². The number of alkyl carbamates (subject to hydrolysis) is 1. The average Bonchev–Trinajstić information content (AvgIpc) is 2.50. The molecule has 0 saturated heterocycles.